The standard InChI is InChI=1S/C17H23ClN2O3S/c18-14-4-6-15(7-5-14)19-17(21)10-3-13-2-1-11-20(12-13)24(22,23)16-8-9-16/h4-7,13,16H,1-3,8-12H2,(H,19,21). The van der Waals surface area contributed by atoms with E-state index in [2.05, 4.69) is 5.32 Å². The molecule has 1 aromatic carbocycles. The van der Waals surface area contributed by atoms with Crippen LogP contribution >= 0.6 is 11.6 Å². The number of carbonyl (C=O) groups is 1. The Morgan fingerprint density at radius 1 is 1.21 bits per heavy atom. The quantitative estimate of drug-likeness (QED) is 0.835. The van der Waals surface area contributed by atoms with E-state index in [1.54, 1.807) is 28.6 Å². The second-order valence-corrected chi connectivity index (χ2v) is 9.35. The van der Waals surface area contributed by atoms with Crippen molar-refractivity contribution in [2.75, 3.05) is 18.4 Å². The van der Waals surface area contributed by atoms with Crippen LogP contribution in [0.15, 0.2) is 24.3 Å². The summed E-state index contributed by atoms with van der Waals surface area (Å²) in [4.78, 5) is 12.1. The van der Waals surface area contributed by atoms with Crippen LogP contribution in [0.1, 0.15) is 38.5 Å². The first-order chi connectivity index (χ1) is 11.4. The van der Waals surface area contributed by atoms with Gasteiger partial charge in [-0.05, 0) is 62.3 Å². The highest BCUT2D eigenvalue weighted by atomic mass is 35.5. The second kappa shape index (κ2) is 7.42. The lowest BCUT2D eigenvalue weighted by atomic mass is 9.94. The minimum Gasteiger partial charge on any atom is -0.326 e. The summed E-state index contributed by atoms with van der Waals surface area (Å²) in [6.07, 6.45) is 4.60. The molecule has 5 nitrogen and oxygen atoms in total. The largest absolute Gasteiger partial charge is 0.326 e. The van der Waals surface area contributed by atoms with Gasteiger partial charge in [-0.15, -0.1) is 0 Å². The number of nitrogens with zero attached hydrogens (tertiary/aromatic N) is 1. The molecule has 24 heavy (non-hydrogen) atoms. The number of rotatable bonds is 6. The highest BCUT2D eigenvalue weighted by molar-refractivity contribution is 7.90. The number of nitrogens with one attached hydrogen (secondary N) is 1. The maximum atomic E-state index is 12.3. The monoisotopic (exact) mass is 370 g/mol. The molecule has 3 rings (SSSR count). The Bertz CT molecular complexity index is 686. The second-order valence-electron chi connectivity index (χ2n) is 6.70. The van der Waals surface area contributed by atoms with Gasteiger partial charge in [0, 0.05) is 30.2 Å². The molecule has 1 N–H and O–H groups in total. The number of anilines is 1. The Kier molecular flexibility index (Phi) is 5.47. The summed E-state index contributed by atoms with van der Waals surface area (Å²) in [6, 6.07) is 7.01. The van der Waals surface area contributed by atoms with E-state index in [0.29, 0.717) is 24.5 Å². The average Bonchev–Trinajstić information content (AvgIpc) is 3.41. The average molecular weight is 371 g/mol. The van der Waals surface area contributed by atoms with Crippen LogP contribution in [0.4, 0.5) is 5.69 Å². The lowest BCUT2D eigenvalue weighted by Gasteiger charge is -2.32. The molecule has 1 aliphatic carbocycles. The van der Waals surface area contributed by atoms with Crippen molar-refractivity contribution in [1.29, 1.82) is 0 Å². The number of halogens is 1. The predicted octanol–water partition coefficient (Wildman–Crippen LogP) is 3.26. The SMILES string of the molecule is O=C(CCC1CCCN(S(=O)(=O)C2CC2)C1)Nc1ccc(Cl)cc1. The summed E-state index contributed by atoms with van der Waals surface area (Å²) in [5, 5.41) is 3.33. The number of carbonyl (C=O) groups excluding carboxylic acids is 1. The van der Waals surface area contributed by atoms with Crippen LogP contribution in [0, 0.1) is 5.92 Å². The first-order valence-corrected chi connectivity index (χ1v) is 10.4. The first-order valence-electron chi connectivity index (χ1n) is 8.49. The fraction of sp³-hybridized carbons (Fsp3) is 0.588. The van der Waals surface area contributed by atoms with Crippen LogP contribution in [0.2, 0.25) is 5.02 Å². The van der Waals surface area contributed by atoms with Gasteiger partial charge in [-0.25, -0.2) is 12.7 Å². The molecule has 1 atom stereocenters. The zero-order valence-corrected chi connectivity index (χ0v) is 15.2. The predicted molar refractivity (Wildman–Crippen MR) is 95.6 cm³/mol. The number of hydrogen-bond acceptors (Lipinski definition) is 3. The minimum atomic E-state index is -3.09. The van der Waals surface area contributed by atoms with Crippen LogP contribution < -0.4 is 5.32 Å². The van der Waals surface area contributed by atoms with Gasteiger partial charge in [0.25, 0.3) is 0 Å². The Balaban J connectivity index is 1.47. The van der Waals surface area contributed by atoms with Crippen LogP contribution in [0.3, 0.4) is 0 Å². The van der Waals surface area contributed by atoms with Gasteiger partial charge < -0.3 is 5.32 Å². The van der Waals surface area contributed by atoms with E-state index in [-0.39, 0.29) is 17.1 Å². The van der Waals surface area contributed by atoms with E-state index in [9.17, 15) is 13.2 Å². The topological polar surface area (TPSA) is 66.5 Å². The zero-order valence-electron chi connectivity index (χ0n) is 13.6. The molecule has 0 bridgehead atoms. The van der Waals surface area contributed by atoms with E-state index in [1.165, 1.54) is 0 Å². The van der Waals surface area contributed by atoms with Crippen molar-refractivity contribution in [3.63, 3.8) is 0 Å². The lowest BCUT2D eigenvalue weighted by molar-refractivity contribution is -0.116. The number of hydrogen-bond donors (Lipinski definition) is 1. The van der Waals surface area contributed by atoms with Crippen LogP contribution in [-0.2, 0) is 14.8 Å². The maximum Gasteiger partial charge on any atom is 0.224 e. The number of benzene rings is 1. The van der Waals surface area contributed by atoms with Gasteiger partial charge in [-0.2, -0.15) is 0 Å². The van der Waals surface area contributed by atoms with Crippen molar-refractivity contribution < 1.29 is 13.2 Å². The molecule has 1 aliphatic heterocycles. The summed E-state index contributed by atoms with van der Waals surface area (Å²) >= 11 is 5.82. The molecule has 0 radical (unpaired) electrons. The molecule has 1 saturated carbocycles. The molecular weight excluding hydrogens is 348 g/mol. The molecular formula is C17H23ClN2O3S. The Morgan fingerprint density at radius 2 is 1.92 bits per heavy atom. The third kappa shape index (κ3) is 4.49. The first kappa shape index (κ1) is 17.7. The minimum absolute atomic E-state index is 0.0421. The summed E-state index contributed by atoms with van der Waals surface area (Å²) < 4.78 is 26.3. The van der Waals surface area contributed by atoms with Gasteiger partial charge in [-0.3, -0.25) is 4.79 Å². The Hall–Kier alpha value is -1.11. The molecule has 1 heterocycles. The van der Waals surface area contributed by atoms with Gasteiger partial charge in [0.05, 0.1) is 5.25 Å². The Labute approximate surface area is 148 Å². The third-order valence-electron chi connectivity index (χ3n) is 4.69. The van der Waals surface area contributed by atoms with Crippen LogP contribution in [0.25, 0.3) is 0 Å². The van der Waals surface area contributed by atoms with Crippen molar-refractivity contribution in [1.82, 2.24) is 4.31 Å². The summed E-state index contributed by atoms with van der Waals surface area (Å²) in [6.45, 7) is 1.19. The van der Waals surface area contributed by atoms with Gasteiger partial charge in [-0.1, -0.05) is 11.6 Å². The smallest absolute Gasteiger partial charge is 0.224 e. The number of piperidine rings is 1. The molecule has 7 heteroatoms. The van der Waals surface area contributed by atoms with Crippen molar-refractivity contribution in [2.45, 2.75) is 43.8 Å². The van der Waals surface area contributed by atoms with Crippen molar-refractivity contribution in [2.24, 2.45) is 5.92 Å². The third-order valence-corrected chi connectivity index (χ3v) is 7.31. The van der Waals surface area contributed by atoms with Crippen LogP contribution in [0.5, 0.6) is 0 Å². The number of sulfonamides is 1. The lowest BCUT2D eigenvalue weighted by Crippen LogP contribution is -2.41. The van der Waals surface area contributed by atoms with Gasteiger partial charge in [0.2, 0.25) is 15.9 Å². The highest BCUT2D eigenvalue weighted by Crippen LogP contribution is 2.34. The summed E-state index contributed by atoms with van der Waals surface area (Å²) in [5.41, 5.74) is 0.728. The van der Waals surface area contributed by atoms with E-state index in [4.69, 9.17) is 11.6 Å². The van der Waals surface area contributed by atoms with E-state index < -0.39 is 10.0 Å². The summed E-state index contributed by atoms with van der Waals surface area (Å²) in [5.74, 6) is 0.225. The molecule has 0 aromatic heterocycles. The van der Waals surface area contributed by atoms with Crippen molar-refractivity contribution >= 4 is 33.2 Å². The fourth-order valence-corrected chi connectivity index (χ4v) is 5.24. The van der Waals surface area contributed by atoms with E-state index in [1.807, 2.05) is 0 Å². The molecule has 2 aliphatic rings. The zero-order chi connectivity index (χ0) is 17.2. The van der Waals surface area contributed by atoms with Crippen molar-refractivity contribution in [3.05, 3.63) is 29.3 Å². The normalized spacial score (nSPS) is 22.3. The van der Waals surface area contributed by atoms with Crippen molar-refractivity contribution in [3.8, 4) is 0 Å². The van der Waals surface area contributed by atoms with Crippen LogP contribution in [-0.4, -0.2) is 37.0 Å². The van der Waals surface area contributed by atoms with Gasteiger partial charge in [0.1, 0.15) is 0 Å². The molecule has 1 unspecified atom stereocenters. The molecule has 1 saturated heterocycles. The Morgan fingerprint density at radius 3 is 2.58 bits per heavy atom. The molecule has 1 aromatic rings. The molecule has 1 amide bonds. The van der Waals surface area contributed by atoms with E-state index >= 15 is 0 Å². The molecule has 0 spiro atoms. The van der Waals surface area contributed by atoms with Gasteiger partial charge in [0.15, 0.2) is 0 Å². The highest BCUT2D eigenvalue weighted by Gasteiger charge is 2.41. The fourth-order valence-electron chi connectivity index (χ4n) is 3.16. The number of amides is 1. The molecule has 2 fully saturated rings. The summed E-state index contributed by atoms with van der Waals surface area (Å²) in [7, 11) is -3.09. The molecule has 132 valence electrons. The van der Waals surface area contributed by atoms with Gasteiger partial charge >= 0.3 is 0 Å². The maximum absolute atomic E-state index is 12.3. The van der Waals surface area contributed by atoms with E-state index in [0.717, 1.165) is 37.8 Å².